The van der Waals surface area contributed by atoms with Gasteiger partial charge in [-0.25, -0.2) is 8.78 Å². The molecule has 0 saturated heterocycles. The average Bonchev–Trinajstić information content (AvgIpc) is 3.46. The summed E-state index contributed by atoms with van der Waals surface area (Å²) in [5.74, 6) is 6.54. The average molecular weight is 570 g/mol. The van der Waals surface area contributed by atoms with E-state index in [4.69, 9.17) is 9.15 Å². The summed E-state index contributed by atoms with van der Waals surface area (Å²) >= 11 is 1.29. The highest BCUT2D eigenvalue weighted by Crippen LogP contribution is 2.37. The third-order valence-electron chi connectivity index (χ3n) is 5.67. The number of carbonyl (C=O) groups excluding carboxylic acids is 1. The van der Waals surface area contributed by atoms with E-state index in [0.717, 1.165) is 12.8 Å². The summed E-state index contributed by atoms with van der Waals surface area (Å²) in [5.41, 5.74) is 3.14. The summed E-state index contributed by atoms with van der Waals surface area (Å²) in [6, 6.07) is 6.32. The summed E-state index contributed by atoms with van der Waals surface area (Å²) < 4.78 is 38.2. The van der Waals surface area contributed by atoms with Crippen molar-refractivity contribution >= 4 is 28.7 Å². The van der Waals surface area contributed by atoms with E-state index >= 15 is 0 Å². The monoisotopic (exact) mass is 569 g/mol. The van der Waals surface area contributed by atoms with E-state index < -0.39 is 23.5 Å². The number of carbonyl (C=O) groups is 1. The number of halogens is 2. The Morgan fingerprint density at radius 2 is 2.00 bits per heavy atom. The van der Waals surface area contributed by atoms with Gasteiger partial charge in [-0.3, -0.25) is 15.2 Å². The van der Waals surface area contributed by atoms with Crippen molar-refractivity contribution in [3.63, 3.8) is 0 Å². The number of alkyl halides is 2. The predicted octanol–water partition coefficient (Wildman–Crippen LogP) is 4.91. The fourth-order valence-corrected chi connectivity index (χ4v) is 4.27. The normalized spacial score (nSPS) is 15.7. The maximum absolute atomic E-state index is 13.5. The maximum Gasteiger partial charge on any atom is 0.317 e. The van der Waals surface area contributed by atoms with E-state index in [1.165, 1.54) is 31.1 Å². The Balaban J connectivity index is 0.00000181. The summed E-state index contributed by atoms with van der Waals surface area (Å²) in [6.45, 7) is 4.00. The van der Waals surface area contributed by atoms with Gasteiger partial charge in [-0.15, -0.1) is 5.10 Å². The van der Waals surface area contributed by atoms with E-state index in [-0.39, 0.29) is 28.8 Å². The van der Waals surface area contributed by atoms with Crippen LogP contribution in [0.1, 0.15) is 49.2 Å². The van der Waals surface area contributed by atoms with Gasteiger partial charge in [0.05, 0.1) is 13.3 Å². The number of anilines is 1. The molecule has 40 heavy (non-hydrogen) atoms. The van der Waals surface area contributed by atoms with Crippen LogP contribution in [0, 0.1) is 17.8 Å². The molecule has 5 rings (SSSR count). The lowest BCUT2D eigenvalue weighted by Gasteiger charge is -2.17. The van der Waals surface area contributed by atoms with E-state index in [0.29, 0.717) is 22.1 Å². The Morgan fingerprint density at radius 3 is 2.65 bits per heavy atom. The first-order valence-electron chi connectivity index (χ1n) is 12.6. The third-order valence-corrected chi connectivity index (χ3v) is 6.54. The number of amides is 1. The standard InChI is InChI=1S/C25H23F2N7O3S.C2H6/c1-34(2)25-33-31-23(37-25)14-7-8-15(16(10-14)17-11-18(21(26)27)28-12-19(17)36-3)22(35)29-24-32-30-20(38-24)9-6-13-4-5-13;1-2/h7-8,10-13,21,24,32H,4-5H2,1-3H3,(H,29,35);1-2H3. The zero-order valence-corrected chi connectivity index (χ0v) is 23.5. The molecule has 2 aromatic heterocycles. The van der Waals surface area contributed by atoms with Crippen molar-refractivity contribution < 1.29 is 22.7 Å². The minimum atomic E-state index is -2.81. The molecule has 0 bridgehead atoms. The highest BCUT2D eigenvalue weighted by Gasteiger charge is 2.26. The summed E-state index contributed by atoms with van der Waals surface area (Å²) in [7, 11) is 4.91. The molecule has 1 unspecified atom stereocenters. The van der Waals surface area contributed by atoms with Crippen molar-refractivity contribution in [2.75, 3.05) is 26.1 Å². The number of nitrogens with zero attached hydrogens (tertiary/aromatic N) is 5. The molecule has 1 saturated carbocycles. The number of aromatic nitrogens is 3. The molecular weight excluding hydrogens is 540 g/mol. The Labute approximate surface area is 235 Å². The van der Waals surface area contributed by atoms with E-state index in [9.17, 15) is 13.6 Å². The molecular formula is C27H29F2N7O3S. The van der Waals surface area contributed by atoms with Gasteiger partial charge in [0.15, 0.2) is 10.5 Å². The van der Waals surface area contributed by atoms with Crippen molar-refractivity contribution in [1.29, 1.82) is 0 Å². The largest absolute Gasteiger partial charge is 0.494 e. The van der Waals surface area contributed by atoms with Gasteiger partial charge in [-0.05, 0) is 60.4 Å². The summed E-state index contributed by atoms with van der Waals surface area (Å²) in [6.07, 6.45) is 0.589. The van der Waals surface area contributed by atoms with Gasteiger partial charge >= 0.3 is 6.01 Å². The number of thioether (sulfide) groups is 1. The van der Waals surface area contributed by atoms with Crippen LogP contribution in [0.4, 0.5) is 14.8 Å². The smallest absolute Gasteiger partial charge is 0.317 e. The maximum atomic E-state index is 13.5. The molecule has 3 heterocycles. The summed E-state index contributed by atoms with van der Waals surface area (Å²) in [4.78, 5) is 18.8. The van der Waals surface area contributed by atoms with Crippen LogP contribution in [0.3, 0.4) is 0 Å². The first-order valence-corrected chi connectivity index (χ1v) is 13.5. The molecule has 13 heteroatoms. The second-order valence-corrected chi connectivity index (χ2v) is 9.81. The van der Waals surface area contributed by atoms with Gasteiger partial charge in [0.25, 0.3) is 12.3 Å². The molecule has 2 N–H and O–H groups in total. The number of methoxy groups -OCH3 is 1. The molecule has 1 aromatic carbocycles. The number of rotatable bonds is 7. The lowest BCUT2D eigenvalue weighted by atomic mass is 9.96. The Kier molecular flexibility index (Phi) is 9.21. The third kappa shape index (κ3) is 6.69. The molecule has 10 nitrogen and oxygen atoms in total. The van der Waals surface area contributed by atoms with Crippen molar-refractivity contribution in [3.8, 4) is 40.2 Å². The van der Waals surface area contributed by atoms with E-state index in [1.807, 2.05) is 13.8 Å². The van der Waals surface area contributed by atoms with E-state index in [1.54, 1.807) is 37.2 Å². The van der Waals surface area contributed by atoms with Crippen molar-refractivity contribution in [3.05, 3.63) is 41.7 Å². The molecule has 0 spiro atoms. The first-order chi connectivity index (χ1) is 19.3. The lowest BCUT2D eigenvalue weighted by molar-refractivity contribution is 0.0946. The second-order valence-electron chi connectivity index (χ2n) is 8.72. The van der Waals surface area contributed by atoms with Crippen LogP contribution in [0.5, 0.6) is 5.75 Å². The molecule has 1 fully saturated rings. The van der Waals surface area contributed by atoms with Gasteiger partial charge in [-0.2, -0.15) is 5.10 Å². The Morgan fingerprint density at radius 1 is 1.23 bits per heavy atom. The van der Waals surface area contributed by atoms with Crippen LogP contribution in [-0.2, 0) is 0 Å². The highest BCUT2D eigenvalue weighted by atomic mass is 32.2. The van der Waals surface area contributed by atoms with Crippen molar-refractivity contribution in [2.24, 2.45) is 11.0 Å². The molecule has 210 valence electrons. The highest BCUT2D eigenvalue weighted by molar-refractivity contribution is 8.15. The number of pyridine rings is 1. The van der Waals surface area contributed by atoms with Gasteiger partial charge in [-0.1, -0.05) is 24.9 Å². The number of hydrogen-bond donors (Lipinski definition) is 2. The van der Waals surface area contributed by atoms with Crippen LogP contribution in [-0.4, -0.2) is 52.8 Å². The van der Waals surface area contributed by atoms with Crippen LogP contribution in [0.25, 0.3) is 22.6 Å². The van der Waals surface area contributed by atoms with Gasteiger partial charge < -0.3 is 19.4 Å². The van der Waals surface area contributed by atoms with Crippen LogP contribution >= 0.6 is 11.8 Å². The fourth-order valence-electron chi connectivity index (χ4n) is 3.55. The zero-order chi connectivity index (χ0) is 28.8. The molecule has 1 amide bonds. The second kappa shape index (κ2) is 12.8. The number of hydrogen-bond acceptors (Lipinski definition) is 10. The number of benzene rings is 1. The lowest BCUT2D eigenvalue weighted by Crippen LogP contribution is -2.38. The molecule has 0 radical (unpaired) electrons. The van der Waals surface area contributed by atoms with Crippen LogP contribution in [0.15, 0.2) is 40.0 Å². The minimum absolute atomic E-state index is 0.198. The fraction of sp³-hybridized carbons (Fsp3) is 0.370. The molecule has 3 aromatic rings. The van der Waals surface area contributed by atoms with Gasteiger partial charge in [0.1, 0.15) is 11.4 Å². The minimum Gasteiger partial charge on any atom is -0.494 e. The SMILES string of the molecule is CC.COc1cnc(C(F)F)cc1-c1cc(-c2nnc(N(C)C)o2)ccc1C(=O)NC1NN=C(C#CC2CC2)S1. The van der Waals surface area contributed by atoms with E-state index in [2.05, 4.69) is 42.9 Å². The van der Waals surface area contributed by atoms with Gasteiger partial charge in [0.2, 0.25) is 5.89 Å². The summed E-state index contributed by atoms with van der Waals surface area (Å²) in [5, 5.41) is 15.7. The number of nitrogens with one attached hydrogen (secondary N) is 2. The predicted molar refractivity (Wildman–Crippen MR) is 150 cm³/mol. The number of hydrazone groups is 1. The first kappa shape index (κ1) is 28.8. The molecule has 2 aliphatic rings. The molecule has 1 atom stereocenters. The topological polar surface area (TPSA) is 118 Å². The molecule has 1 aliphatic carbocycles. The van der Waals surface area contributed by atoms with Crippen molar-refractivity contribution in [1.82, 2.24) is 25.9 Å². The molecule has 1 aliphatic heterocycles. The Bertz CT molecular complexity index is 1460. The van der Waals surface area contributed by atoms with Crippen LogP contribution < -0.4 is 20.4 Å². The number of ether oxygens (including phenoxy) is 1. The quantitative estimate of drug-likeness (QED) is 0.383. The van der Waals surface area contributed by atoms with Crippen LogP contribution in [0.2, 0.25) is 0 Å². The zero-order valence-electron chi connectivity index (χ0n) is 22.7. The Hall–Kier alpha value is -4.18. The van der Waals surface area contributed by atoms with Crippen molar-refractivity contribution in [2.45, 2.75) is 38.6 Å². The van der Waals surface area contributed by atoms with Gasteiger partial charge in [0, 0.05) is 36.7 Å².